The van der Waals surface area contributed by atoms with Crippen molar-refractivity contribution in [3.05, 3.63) is 0 Å². The van der Waals surface area contributed by atoms with Crippen LogP contribution in [0.4, 0.5) is 0 Å². The lowest BCUT2D eigenvalue weighted by molar-refractivity contribution is 0.0144. The van der Waals surface area contributed by atoms with E-state index in [-0.39, 0.29) is 12.2 Å². The van der Waals surface area contributed by atoms with Crippen molar-refractivity contribution in [1.29, 1.82) is 0 Å². The number of hydrogen-bond donors (Lipinski definition) is 1. The summed E-state index contributed by atoms with van der Waals surface area (Å²) in [5.74, 6) is 0.763. The number of aliphatic hydroxyl groups excluding tert-OH is 1. The van der Waals surface area contributed by atoms with Gasteiger partial charge in [0.1, 0.15) is 0 Å². The van der Waals surface area contributed by atoms with Gasteiger partial charge in [0.05, 0.1) is 12.2 Å². The van der Waals surface area contributed by atoms with E-state index in [4.69, 9.17) is 4.74 Å². The van der Waals surface area contributed by atoms with Gasteiger partial charge in [0, 0.05) is 12.5 Å². The first-order valence-corrected chi connectivity index (χ1v) is 4.96. The zero-order chi connectivity index (χ0) is 9.14. The summed E-state index contributed by atoms with van der Waals surface area (Å²) < 4.78 is 5.42. The highest BCUT2D eigenvalue weighted by molar-refractivity contribution is 4.81. The average molecular weight is 172 g/mol. The summed E-state index contributed by atoms with van der Waals surface area (Å²) in [6.07, 6.45) is 2.14. The summed E-state index contributed by atoms with van der Waals surface area (Å²) in [6, 6.07) is 0. The van der Waals surface area contributed by atoms with E-state index < -0.39 is 0 Å². The van der Waals surface area contributed by atoms with E-state index >= 15 is 0 Å². The van der Waals surface area contributed by atoms with E-state index in [1.54, 1.807) is 0 Å². The molecule has 0 bridgehead atoms. The Balaban J connectivity index is 2.45. The summed E-state index contributed by atoms with van der Waals surface area (Å²) >= 11 is 0. The smallest absolute Gasteiger partial charge is 0.0619 e. The first-order chi connectivity index (χ1) is 5.66. The molecule has 0 spiro atoms. The van der Waals surface area contributed by atoms with Gasteiger partial charge in [-0.25, -0.2) is 0 Å². The maximum atomic E-state index is 9.91. The molecule has 2 nitrogen and oxygen atoms in total. The largest absolute Gasteiger partial charge is 0.392 e. The second kappa shape index (κ2) is 4.24. The lowest BCUT2D eigenvalue weighted by atomic mass is 9.86. The van der Waals surface area contributed by atoms with E-state index in [2.05, 4.69) is 20.8 Å². The molecule has 2 heteroatoms. The SMILES string of the molecule is CCC(C)C(O)C1CCOC1C. The summed E-state index contributed by atoms with van der Waals surface area (Å²) in [4.78, 5) is 0. The van der Waals surface area contributed by atoms with Crippen LogP contribution in [0.1, 0.15) is 33.6 Å². The molecule has 4 atom stereocenters. The van der Waals surface area contributed by atoms with Crippen LogP contribution in [-0.4, -0.2) is 23.9 Å². The third-order valence-electron chi connectivity index (χ3n) is 3.10. The molecule has 0 aromatic rings. The summed E-state index contributed by atoms with van der Waals surface area (Å²) in [7, 11) is 0. The fourth-order valence-electron chi connectivity index (χ4n) is 1.86. The minimum Gasteiger partial charge on any atom is -0.392 e. The lowest BCUT2D eigenvalue weighted by Gasteiger charge is -2.25. The van der Waals surface area contributed by atoms with Gasteiger partial charge in [-0.1, -0.05) is 20.3 Å². The van der Waals surface area contributed by atoms with Crippen molar-refractivity contribution in [3.63, 3.8) is 0 Å². The second-order valence-corrected chi connectivity index (χ2v) is 3.90. The molecule has 1 saturated heterocycles. The number of hydrogen-bond acceptors (Lipinski definition) is 2. The summed E-state index contributed by atoms with van der Waals surface area (Å²) in [5.41, 5.74) is 0. The van der Waals surface area contributed by atoms with Crippen LogP contribution in [0.2, 0.25) is 0 Å². The average Bonchev–Trinajstić information content (AvgIpc) is 2.48. The predicted molar refractivity (Wildman–Crippen MR) is 49.0 cm³/mol. The van der Waals surface area contributed by atoms with Crippen LogP contribution in [0, 0.1) is 11.8 Å². The molecule has 12 heavy (non-hydrogen) atoms. The van der Waals surface area contributed by atoms with E-state index in [1.807, 2.05) is 0 Å². The van der Waals surface area contributed by atoms with Gasteiger partial charge in [-0.15, -0.1) is 0 Å². The first-order valence-electron chi connectivity index (χ1n) is 4.96. The third kappa shape index (κ3) is 1.99. The Morgan fingerprint density at radius 1 is 1.58 bits per heavy atom. The van der Waals surface area contributed by atoms with Crippen LogP contribution < -0.4 is 0 Å². The van der Waals surface area contributed by atoms with Crippen molar-refractivity contribution in [1.82, 2.24) is 0 Å². The molecule has 1 fully saturated rings. The highest BCUT2D eigenvalue weighted by Gasteiger charge is 2.32. The number of aliphatic hydroxyl groups is 1. The Bertz CT molecular complexity index is 136. The van der Waals surface area contributed by atoms with Crippen LogP contribution in [0.3, 0.4) is 0 Å². The standard InChI is InChI=1S/C10H20O2/c1-4-7(2)10(11)9-5-6-12-8(9)3/h7-11H,4-6H2,1-3H3. The van der Waals surface area contributed by atoms with Crippen molar-refractivity contribution < 1.29 is 9.84 Å². The molecule has 1 aliphatic rings. The first kappa shape index (κ1) is 10.0. The van der Waals surface area contributed by atoms with Crippen molar-refractivity contribution in [2.24, 2.45) is 11.8 Å². The highest BCUT2D eigenvalue weighted by Crippen LogP contribution is 2.28. The van der Waals surface area contributed by atoms with Crippen LogP contribution in [0.25, 0.3) is 0 Å². The van der Waals surface area contributed by atoms with Gasteiger partial charge in [0.2, 0.25) is 0 Å². The molecule has 1 N–H and O–H groups in total. The summed E-state index contributed by atoms with van der Waals surface area (Å²) in [6.45, 7) is 7.10. The molecule has 1 aliphatic heterocycles. The Morgan fingerprint density at radius 2 is 2.25 bits per heavy atom. The molecule has 1 rings (SSSR count). The Morgan fingerprint density at radius 3 is 2.67 bits per heavy atom. The number of ether oxygens (including phenoxy) is 1. The van der Waals surface area contributed by atoms with Crippen LogP contribution in [0.5, 0.6) is 0 Å². The van der Waals surface area contributed by atoms with Gasteiger partial charge in [-0.05, 0) is 19.3 Å². The third-order valence-corrected chi connectivity index (χ3v) is 3.10. The van der Waals surface area contributed by atoms with E-state index in [9.17, 15) is 5.11 Å². The van der Waals surface area contributed by atoms with Gasteiger partial charge < -0.3 is 9.84 Å². The monoisotopic (exact) mass is 172 g/mol. The Labute approximate surface area is 74.9 Å². The van der Waals surface area contributed by atoms with Crippen molar-refractivity contribution >= 4 is 0 Å². The molecule has 0 aromatic heterocycles. The van der Waals surface area contributed by atoms with Crippen molar-refractivity contribution in [3.8, 4) is 0 Å². The molecule has 0 aromatic carbocycles. The lowest BCUT2D eigenvalue weighted by Crippen LogP contribution is -2.31. The molecule has 0 saturated carbocycles. The van der Waals surface area contributed by atoms with Gasteiger partial charge in [0.25, 0.3) is 0 Å². The van der Waals surface area contributed by atoms with Crippen LogP contribution >= 0.6 is 0 Å². The van der Waals surface area contributed by atoms with Gasteiger partial charge in [-0.3, -0.25) is 0 Å². The molecule has 0 amide bonds. The van der Waals surface area contributed by atoms with Gasteiger partial charge >= 0.3 is 0 Å². The zero-order valence-electron chi connectivity index (χ0n) is 8.29. The van der Waals surface area contributed by atoms with Crippen molar-refractivity contribution in [2.75, 3.05) is 6.61 Å². The number of rotatable bonds is 3. The van der Waals surface area contributed by atoms with E-state index in [0.717, 1.165) is 19.4 Å². The molecule has 0 aliphatic carbocycles. The van der Waals surface area contributed by atoms with Gasteiger partial charge in [-0.2, -0.15) is 0 Å². The highest BCUT2D eigenvalue weighted by atomic mass is 16.5. The zero-order valence-corrected chi connectivity index (χ0v) is 8.29. The topological polar surface area (TPSA) is 29.5 Å². The fraction of sp³-hybridized carbons (Fsp3) is 1.00. The Hall–Kier alpha value is -0.0800. The Kier molecular flexibility index (Phi) is 3.53. The molecule has 4 unspecified atom stereocenters. The summed E-state index contributed by atoms with van der Waals surface area (Å²) in [5, 5.41) is 9.91. The molecule has 0 radical (unpaired) electrons. The van der Waals surface area contributed by atoms with E-state index in [0.29, 0.717) is 11.8 Å². The van der Waals surface area contributed by atoms with Crippen molar-refractivity contribution in [2.45, 2.75) is 45.8 Å². The van der Waals surface area contributed by atoms with Crippen LogP contribution in [0.15, 0.2) is 0 Å². The quantitative estimate of drug-likeness (QED) is 0.703. The minimum absolute atomic E-state index is 0.174. The molecule has 72 valence electrons. The molecular formula is C10H20O2. The van der Waals surface area contributed by atoms with E-state index in [1.165, 1.54) is 0 Å². The minimum atomic E-state index is -0.174. The molecule has 1 heterocycles. The predicted octanol–water partition coefficient (Wildman–Crippen LogP) is 1.82. The molecular weight excluding hydrogens is 152 g/mol. The van der Waals surface area contributed by atoms with Gasteiger partial charge in [0.15, 0.2) is 0 Å². The maximum absolute atomic E-state index is 9.91. The second-order valence-electron chi connectivity index (χ2n) is 3.90. The maximum Gasteiger partial charge on any atom is 0.0619 e. The van der Waals surface area contributed by atoms with Crippen LogP contribution in [-0.2, 0) is 4.74 Å². The fourth-order valence-corrected chi connectivity index (χ4v) is 1.86. The normalized spacial score (nSPS) is 35.0.